The van der Waals surface area contributed by atoms with Crippen molar-refractivity contribution < 1.29 is 19.0 Å². The van der Waals surface area contributed by atoms with Crippen molar-refractivity contribution >= 4 is 17.7 Å². The van der Waals surface area contributed by atoms with Crippen molar-refractivity contribution in [1.82, 2.24) is 5.32 Å². The maximum atomic E-state index is 13.2. The second kappa shape index (κ2) is 6.21. The number of hydrogen-bond donors (Lipinski definition) is 2. The van der Waals surface area contributed by atoms with Crippen LogP contribution in [0.4, 0.5) is 9.18 Å². The number of alkyl carbamates (subject to hydrolysis) is 1. The van der Waals surface area contributed by atoms with E-state index in [9.17, 15) is 14.3 Å². The van der Waals surface area contributed by atoms with Gasteiger partial charge in [0.25, 0.3) is 0 Å². The first-order chi connectivity index (χ1) is 8.71. The molecule has 4 nitrogen and oxygen atoms in total. The average molecular weight is 290 g/mol. The Bertz CT molecular complexity index is 439. The Kier molecular flexibility index (Phi) is 5.14. The Labute approximate surface area is 116 Å². The molecule has 0 aromatic heterocycles. The molecule has 19 heavy (non-hydrogen) atoms. The van der Waals surface area contributed by atoms with Gasteiger partial charge in [-0.1, -0.05) is 11.6 Å². The highest BCUT2D eigenvalue weighted by atomic mass is 35.5. The van der Waals surface area contributed by atoms with E-state index in [0.29, 0.717) is 5.56 Å². The summed E-state index contributed by atoms with van der Waals surface area (Å²) in [6.07, 6.45) is -0.688. The number of aliphatic hydroxyl groups excluding tert-OH is 1. The summed E-state index contributed by atoms with van der Waals surface area (Å²) in [7, 11) is 0. The minimum absolute atomic E-state index is 0.194. The Morgan fingerprint density at radius 2 is 2.11 bits per heavy atom. The van der Waals surface area contributed by atoms with Gasteiger partial charge in [0.1, 0.15) is 11.4 Å². The predicted molar refractivity (Wildman–Crippen MR) is 70.6 cm³/mol. The molecule has 6 heteroatoms. The molecule has 0 bridgehead atoms. The van der Waals surface area contributed by atoms with E-state index < -0.39 is 23.6 Å². The van der Waals surface area contributed by atoms with Crippen molar-refractivity contribution in [1.29, 1.82) is 0 Å². The van der Waals surface area contributed by atoms with Crippen LogP contribution in [0.5, 0.6) is 0 Å². The summed E-state index contributed by atoms with van der Waals surface area (Å²) in [6.45, 7) is 4.78. The molecule has 1 rings (SSSR count). The minimum atomic E-state index is -0.775. The lowest BCUT2D eigenvalue weighted by atomic mass is 10.1. The second-order valence-electron chi connectivity index (χ2n) is 5.08. The third-order valence-electron chi connectivity index (χ3n) is 2.16. The first-order valence-corrected chi connectivity index (χ1v) is 6.15. The summed E-state index contributed by atoms with van der Waals surface area (Å²) in [5, 5.41) is 11.9. The van der Waals surface area contributed by atoms with E-state index in [2.05, 4.69) is 5.32 Å². The van der Waals surface area contributed by atoms with Gasteiger partial charge in [-0.25, -0.2) is 9.18 Å². The van der Waals surface area contributed by atoms with Crippen LogP contribution in [-0.4, -0.2) is 23.4 Å². The van der Waals surface area contributed by atoms with Gasteiger partial charge in [-0.15, -0.1) is 0 Å². The van der Waals surface area contributed by atoms with Crippen molar-refractivity contribution in [3.63, 3.8) is 0 Å². The van der Waals surface area contributed by atoms with E-state index in [4.69, 9.17) is 16.3 Å². The van der Waals surface area contributed by atoms with Crippen LogP contribution in [0.3, 0.4) is 0 Å². The highest BCUT2D eigenvalue weighted by Crippen LogP contribution is 2.20. The zero-order valence-corrected chi connectivity index (χ0v) is 11.8. The predicted octanol–water partition coefficient (Wildman–Crippen LogP) is 3.04. The summed E-state index contributed by atoms with van der Waals surface area (Å²) in [5.74, 6) is -0.535. The van der Waals surface area contributed by atoms with Crippen LogP contribution in [0.25, 0.3) is 0 Å². The largest absolute Gasteiger partial charge is 0.444 e. The van der Waals surface area contributed by atoms with Gasteiger partial charge in [-0.2, -0.15) is 0 Å². The molecule has 1 aromatic rings. The molecule has 1 aromatic carbocycles. The van der Waals surface area contributed by atoms with E-state index in [1.807, 2.05) is 0 Å². The summed E-state index contributed by atoms with van der Waals surface area (Å²) in [4.78, 5) is 11.6. The van der Waals surface area contributed by atoms with Crippen LogP contribution >= 0.6 is 11.6 Å². The fraction of sp³-hybridized carbons (Fsp3) is 0.462. The third-order valence-corrected chi connectivity index (χ3v) is 2.38. The van der Waals surface area contributed by atoms with Gasteiger partial charge >= 0.3 is 6.09 Å². The third kappa shape index (κ3) is 5.44. The molecule has 0 saturated heterocycles. The fourth-order valence-electron chi connectivity index (χ4n) is 1.46. The quantitative estimate of drug-likeness (QED) is 0.899. The Morgan fingerprint density at radius 1 is 1.47 bits per heavy atom. The molecule has 0 spiro atoms. The minimum Gasteiger partial charge on any atom is -0.444 e. The summed E-state index contributed by atoms with van der Waals surface area (Å²) < 4.78 is 18.3. The lowest BCUT2D eigenvalue weighted by molar-refractivity contribution is 0.0481. The number of benzene rings is 1. The zero-order valence-electron chi connectivity index (χ0n) is 11.0. The van der Waals surface area contributed by atoms with Gasteiger partial charge in [-0.3, -0.25) is 0 Å². The normalized spacial score (nSPS) is 12.9. The van der Waals surface area contributed by atoms with E-state index in [1.165, 1.54) is 12.1 Å². The second-order valence-corrected chi connectivity index (χ2v) is 5.52. The highest BCUT2D eigenvalue weighted by Gasteiger charge is 2.20. The van der Waals surface area contributed by atoms with E-state index in [-0.39, 0.29) is 11.6 Å². The smallest absolute Gasteiger partial charge is 0.408 e. The molecule has 0 fully saturated rings. The van der Waals surface area contributed by atoms with Crippen LogP contribution in [-0.2, 0) is 4.74 Å². The Morgan fingerprint density at radius 3 is 2.58 bits per heavy atom. The summed E-state index contributed by atoms with van der Waals surface area (Å²) >= 11 is 5.73. The monoisotopic (exact) mass is 289 g/mol. The van der Waals surface area contributed by atoms with Gasteiger partial charge in [0.2, 0.25) is 0 Å². The lowest BCUT2D eigenvalue weighted by Gasteiger charge is -2.23. The van der Waals surface area contributed by atoms with Crippen LogP contribution < -0.4 is 5.32 Å². The van der Waals surface area contributed by atoms with Crippen molar-refractivity contribution in [3.8, 4) is 0 Å². The van der Waals surface area contributed by atoms with Crippen molar-refractivity contribution in [2.75, 3.05) is 6.61 Å². The maximum absolute atomic E-state index is 13.2. The molecule has 0 heterocycles. The molecule has 0 radical (unpaired) electrons. The molecule has 0 aliphatic rings. The van der Waals surface area contributed by atoms with Crippen LogP contribution in [0.1, 0.15) is 32.4 Å². The molecule has 0 unspecified atom stereocenters. The Balaban J connectivity index is 2.81. The van der Waals surface area contributed by atoms with Gasteiger partial charge in [0.05, 0.1) is 12.6 Å². The number of halogens is 2. The van der Waals surface area contributed by atoms with Crippen LogP contribution in [0, 0.1) is 5.82 Å². The van der Waals surface area contributed by atoms with E-state index in [1.54, 1.807) is 20.8 Å². The average Bonchev–Trinajstić information content (AvgIpc) is 2.21. The van der Waals surface area contributed by atoms with Gasteiger partial charge in [0.15, 0.2) is 0 Å². The van der Waals surface area contributed by atoms with Gasteiger partial charge < -0.3 is 15.2 Å². The molecular weight excluding hydrogens is 273 g/mol. The SMILES string of the molecule is CC(C)(C)OC(=O)N[C@H](CO)c1cc(F)cc(Cl)c1. The van der Waals surface area contributed by atoms with E-state index in [0.717, 1.165) is 6.07 Å². The van der Waals surface area contributed by atoms with Crippen molar-refractivity contribution in [2.24, 2.45) is 0 Å². The van der Waals surface area contributed by atoms with Crippen LogP contribution in [0.2, 0.25) is 5.02 Å². The first kappa shape index (κ1) is 15.7. The zero-order chi connectivity index (χ0) is 14.6. The highest BCUT2D eigenvalue weighted by molar-refractivity contribution is 6.30. The molecule has 2 N–H and O–H groups in total. The maximum Gasteiger partial charge on any atom is 0.408 e. The molecule has 0 saturated carbocycles. The number of carbonyl (C=O) groups is 1. The molecular formula is C13H17ClFNO3. The van der Waals surface area contributed by atoms with Crippen molar-refractivity contribution in [3.05, 3.63) is 34.6 Å². The molecule has 106 valence electrons. The van der Waals surface area contributed by atoms with Gasteiger partial charge in [0, 0.05) is 5.02 Å². The van der Waals surface area contributed by atoms with Gasteiger partial charge in [-0.05, 0) is 44.5 Å². The molecule has 1 atom stereocenters. The first-order valence-electron chi connectivity index (χ1n) is 5.77. The Hall–Kier alpha value is -1.33. The standard InChI is InChI=1S/C13H17ClFNO3/c1-13(2,3)19-12(18)16-11(7-17)8-4-9(14)6-10(15)5-8/h4-6,11,17H,7H2,1-3H3,(H,16,18)/t11-/m1/s1. The van der Waals surface area contributed by atoms with E-state index >= 15 is 0 Å². The number of amides is 1. The lowest BCUT2D eigenvalue weighted by Crippen LogP contribution is -2.36. The van der Waals surface area contributed by atoms with Crippen LogP contribution in [0.15, 0.2) is 18.2 Å². The number of carbonyl (C=O) groups excluding carboxylic acids is 1. The number of aliphatic hydroxyl groups is 1. The fourth-order valence-corrected chi connectivity index (χ4v) is 1.69. The molecule has 0 aliphatic heterocycles. The number of nitrogens with one attached hydrogen (secondary N) is 1. The molecule has 1 amide bonds. The van der Waals surface area contributed by atoms with Crippen molar-refractivity contribution in [2.45, 2.75) is 32.4 Å². The summed E-state index contributed by atoms with van der Waals surface area (Å²) in [5.41, 5.74) is -0.276. The number of rotatable bonds is 3. The topological polar surface area (TPSA) is 58.6 Å². The number of hydrogen-bond acceptors (Lipinski definition) is 3. The molecule has 0 aliphatic carbocycles. The summed E-state index contributed by atoms with van der Waals surface area (Å²) in [6, 6.07) is 3.04. The number of ether oxygens (including phenoxy) is 1.